The van der Waals surface area contributed by atoms with Crippen molar-refractivity contribution < 1.29 is 49.0 Å². The third-order valence-electron chi connectivity index (χ3n) is 15.4. The van der Waals surface area contributed by atoms with E-state index < -0.39 is 0 Å². The molecule has 0 aliphatic heterocycles. The molecule has 0 radical (unpaired) electrons. The molecule has 9 aliphatic rings. The van der Waals surface area contributed by atoms with Crippen molar-refractivity contribution in [2.24, 2.45) is 51.2 Å². The Labute approximate surface area is 314 Å². The molecule has 47 heavy (non-hydrogen) atoms. The normalized spacial score (nSPS) is 35.0. The third kappa shape index (κ3) is 5.54. The topological polar surface area (TPSA) is 0 Å². The fourth-order valence-corrected chi connectivity index (χ4v) is 12.8. The van der Waals surface area contributed by atoms with Crippen LogP contribution in [0.4, 0.5) is 0 Å². The van der Waals surface area contributed by atoms with Gasteiger partial charge in [-0.1, -0.05) is 113 Å². The van der Waals surface area contributed by atoms with Gasteiger partial charge in [0.15, 0.2) is 0 Å². The standard InChI is InChI=1S/C29H37.C10H14.C5H5.2ClH.Zr/c1-18-25-22-17-19-13-9-10-14-20(19)24(22)21-15-11-12-16-23(21)29(25,8)28(6,7)27(4,5)26(18,2)3;1-7-2-9-4-8(1)5-10(3-7)6-9;1-2-4-5-3-1;;;/h9-11,13-15,23H,12,16-17H2,1-8H3;7-10H,1-5H2;1-3H,4H2;2*1H;/q-1;;-1;;;+2/p-2. The van der Waals surface area contributed by atoms with E-state index in [9.17, 15) is 0 Å². The second-order valence-electron chi connectivity index (χ2n) is 17.5. The Morgan fingerprint density at radius 3 is 2.04 bits per heavy atom. The summed E-state index contributed by atoms with van der Waals surface area (Å²) in [5, 5.41) is 0. The fourth-order valence-electron chi connectivity index (χ4n) is 11.6. The zero-order chi connectivity index (χ0) is 31.9. The molecule has 0 heterocycles. The van der Waals surface area contributed by atoms with Crippen molar-refractivity contribution in [3.63, 3.8) is 0 Å². The number of hydrogen-bond donors (Lipinski definition) is 0. The van der Waals surface area contributed by atoms with Crippen LogP contribution < -0.4 is 24.8 Å². The number of hydrogen-bond acceptors (Lipinski definition) is 0. The fraction of sp³-hybridized carbons (Fsp3) is 0.591. The van der Waals surface area contributed by atoms with Gasteiger partial charge in [-0.3, -0.25) is 6.08 Å². The average molecular weight is 747 g/mol. The van der Waals surface area contributed by atoms with Crippen LogP contribution >= 0.6 is 0 Å². The van der Waals surface area contributed by atoms with E-state index in [2.05, 4.69) is 104 Å². The Hall–Kier alpha value is -0.877. The van der Waals surface area contributed by atoms with E-state index in [1.807, 2.05) is 15.4 Å². The Bertz CT molecular complexity index is 1500. The van der Waals surface area contributed by atoms with Gasteiger partial charge in [0.25, 0.3) is 0 Å². The molecule has 0 nitrogen and oxygen atoms in total. The zero-order valence-corrected chi connectivity index (χ0v) is 34.2. The van der Waals surface area contributed by atoms with Gasteiger partial charge in [-0.25, -0.2) is 18.1 Å². The number of allylic oxidation sites excluding steroid dienone is 10. The first-order valence-electron chi connectivity index (χ1n) is 18.2. The van der Waals surface area contributed by atoms with E-state index in [4.69, 9.17) is 0 Å². The maximum absolute atomic E-state index is 2.99. The van der Waals surface area contributed by atoms with Crippen molar-refractivity contribution in [2.45, 2.75) is 113 Å². The Kier molecular flexibility index (Phi) is 10.6. The van der Waals surface area contributed by atoms with Gasteiger partial charge in [-0.05, 0) is 40.6 Å². The van der Waals surface area contributed by atoms with Crippen LogP contribution in [0, 0.1) is 63.2 Å². The predicted octanol–water partition coefficient (Wildman–Crippen LogP) is 5.44. The summed E-state index contributed by atoms with van der Waals surface area (Å²) in [6, 6.07) is 9.16. The van der Waals surface area contributed by atoms with E-state index >= 15 is 0 Å². The van der Waals surface area contributed by atoms with Crippen molar-refractivity contribution in [1.29, 1.82) is 0 Å². The van der Waals surface area contributed by atoms with E-state index in [0.717, 1.165) is 36.5 Å². The molecule has 3 heteroatoms. The Morgan fingerprint density at radius 1 is 0.830 bits per heavy atom. The zero-order valence-electron chi connectivity index (χ0n) is 30.2. The molecule has 5 saturated carbocycles. The van der Waals surface area contributed by atoms with Gasteiger partial charge < -0.3 is 24.8 Å². The first-order chi connectivity index (χ1) is 21.3. The summed E-state index contributed by atoms with van der Waals surface area (Å²) in [6.45, 7) is 20.3. The Morgan fingerprint density at radius 2 is 1.47 bits per heavy atom. The molecule has 1 aromatic carbocycles. The molecule has 0 amide bonds. The van der Waals surface area contributed by atoms with Gasteiger partial charge in [0.1, 0.15) is 0 Å². The number of rotatable bonds is 0. The van der Waals surface area contributed by atoms with Crippen molar-refractivity contribution in [3.8, 4) is 0 Å². The molecule has 0 spiro atoms. The van der Waals surface area contributed by atoms with Gasteiger partial charge in [0.2, 0.25) is 0 Å². The molecule has 2 unspecified atom stereocenters. The SMILES string of the molecule is C[C-]1C2=C3Cc4ccccc4C3=C3C=CCCC3C2(C)C(C)(C)C(C)(C)C1(C)C.[C-]1=CC=CC1.[Cl-].[Cl-].[Zr+2]=[C]1C2CC3CC(C2)CC1C3. The Balaban J connectivity index is 0.000000197. The summed E-state index contributed by atoms with van der Waals surface area (Å²) in [6.07, 6.45) is 26.4. The summed E-state index contributed by atoms with van der Waals surface area (Å²) < 4.78 is 1.96. The molecule has 1 aromatic rings. The third-order valence-corrected chi connectivity index (χ3v) is 17.4. The van der Waals surface area contributed by atoms with Crippen LogP contribution in [0.3, 0.4) is 0 Å². The molecule has 5 fully saturated rings. The molecule has 9 aliphatic carbocycles. The van der Waals surface area contributed by atoms with Gasteiger partial charge in [-0.15, -0.1) is 13.3 Å². The minimum atomic E-state index is 0. The van der Waals surface area contributed by atoms with Crippen LogP contribution in [0.25, 0.3) is 5.57 Å². The average Bonchev–Trinajstić information content (AvgIpc) is 3.71. The monoisotopic (exact) mass is 744 g/mol. The van der Waals surface area contributed by atoms with E-state index in [1.54, 1.807) is 84.5 Å². The number of fused-ring (bicyclic) bond motifs is 6. The molecular formula is C44H56Cl2Zr-2. The van der Waals surface area contributed by atoms with Gasteiger partial charge in [0, 0.05) is 0 Å². The van der Waals surface area contributed by atoms with E-state index in [1.165, 1.54) is 24.0 Å². The van der Waals surface area contributed by atoms with Gasteiger partial charge in [-0.2, -0.15) is 17.2 Å². The van der Waals surface area contributed by atoms with Crippen molar-refractivity contribution in [3.05, 3.63) is 94.5 Å². The van der Waals surface area contributed by atoms with Crippen molar-refractivity contribution in [2.75, 3.05) is 0 Å². The molecule has 10 rings (SSSR count). The molecule has 4 bridgehead atoms. The molecule has 252 valence electrons. The molecular weight excluding hydrogens is 691 g/mol. The molecule has 0 saturated heterocycles. The van der Waals surface area contributed by atoms with Gasteiger partial charge >= 0.3 is 83.2 Å². The first-order valence-corrected chi connectivity index (χ1v) is 19.4. The van der Waals surface area contributed by atoms with Crippen LogP contribution in [-0.4, -0.2) is 3.21 Å². The second kappa shape index (κ2) is 13.3. The molecule has 0 aromatic heterocycles. The summed E-state index contributed by atoms with van der Waals surface area (Å²) >= 11 is 1.76. The summed E-state index contributed by atoms with van der Waals surface area (Å²) in [7, 11) is 0. The molecule has 0 N–H and O–H groups in total. The van der Waals surface area contributed by atoms with Crippen LogP contribution in [0.1, 0.15) is 118 Å². The number of benzene rings is 1. The van der Waals surface area contributed by atoms with Crippen LogP contribution in [0.15, 0.2) is 71.4 Å². The van der Waals surface area contributed by atoms with Crippen LogP contribution in [-0.2, 0) is 30.7 Å². The van der Waals surface area contributed by atoms with Crippen molar-refractivity contribution in [1.82, 2.24) is 0 Å². The van der Waals surface area contributed by atoms with Gasteiger partial charge in [0.05, 0.1) is 0 Å². The van der Waals surface area contributed by atoms with Crippen LogP contribution in [0.2, 0.25) is 0 Å². The first kappa shape index (κ1) is 37.4. The number of halogens is 2. The van der Waals surface area contributed by atoms with Crippen molar-refractivity contribution >= 4 is 8.78 Å². The maximum atomic E-state index is 2.99. The summed E-state index contributed by atoms with van der Waals surface area (Å²) in [5.41, 5.74) is 10.3. The summed E-state index contributed by atoms with van der Waals surface area (Å²) in [4.78, 5) is 0. The van der Waals surface area contributed by atoms with E-state index in [-0.39, 0.29) is 46.5 Å². The quantitative estimate of drug-likeness (QED) is 0.311. The minimum absolute atomic E-state index is 0. The second-order valence-corrected chi connectivity index (χ2v) is 18.9. The summed E-state index contributed by atoms with van der Waals surface area (Å²) in [5.74, 6) is 6.75. The molecule has 2 atom stereocenters. The van der Waals surface area contributed by atoms with E-state index in [0.29, 0.717) is 5.92 Å². The predicted molar refractivity (Wildman–Crippen MR) is 188 cm³/mol. The van der Waals surface area contributed by atoms with Crippen LogP contribution in [0.5, 0.6) is 0 Å².